The smallest absolute Gasteiger partial charge is 0.200 e. The molecule has 188 valence electrons. The lowest BCUT2D eigenvalue weighted by Gasteiger charge is -2.63. The van der Waals surface area contributed by atoms with Crippen LogP contribution < -0.4 is 0 Å². The fourth-order valence-electron chi connectivity index (χ4n) is 10.3. The quantitative estimate of drug-likeness (QED) is 0.414. The van der Waals surface area contributed by atoms with Crippen LogP contribution in [-0.4, -0.2) is 25.6 Å². The Morgan fingerprint density at radius 2 is 1.48 bits per heavy atom. The summed E-state index contributed by atoms with van der Waals surface area (Å²) in [7, 11) is -1.90. The molecule has 0 bridgehead atoms. The van der Waals surface area contributed by atoms with Gasteiger partial charge in [-0.05, 0) is 103 Å². The maximum Gasteiger partial charge on any atom is 0.200 e. The topological polar surface area (TPSA) is 53.2 Å². The number of nitrogens with zero attached hydrogens (tertiary/aromatic N) is 1. The summed E-state index contributed by atoms with van der Waals surface area (Å²) in [5.41, 5.74) is 1.94. The van der Waals surface area contributed by atoms with Crippen LogP contribution in [0.2, 0.25) is 16.6 Å². The average molecular weight is 474 g/mol. The van der Waals surface area contributed by atoms with Crippen molar-refractivity contribution in [3.63, 3.8) is 0 Å². The largest absolute Gasteiger partial charge is 0.413 e. The van der Waals surface area contributed by atoms with Crippen LogP contribution in [0.1, 0.15) is 113 Å². The Labute approximate surface area is 205 Å². The molecule has 0 aromatic rings. The summed E-state index contributed by atoms with van der Waals surface area (Å²) in [6.45, 7) is 19.5. The van der Waals surface area contributed by atoms with Gasteiger partial charge < -0.3 is 9.53 Å². The molecule has 3 nitrogen and oxygen atoms in total. The zero-order valence-electron chi connectivity index (χ0n) is 22.8. The first-order valence-electron chi connectivity index (χ1n) is 14.1. The van der Waals surface area contributed by atoms with Gasteiger partial charge >= 0.3 is 0 Å². The molecular weight excluding hydrogens is 422 g/mol. The van der Waals surface area contributed by atoms with Crippen molar-refractivity contribution in [3.8, 4) is 6.07 Å². The van der Waals surface area contributed by atoms with Gasteiger partial charge in [-0.2, -0.15) is 5.26 Å². The van der Waals surface area contributed by atoms with E-state index in [9.17, 15) is 10.4 Å². The van der Waals surface area contributed by atoms with Gasteiger partial charge in [0.15, 0.2) is 0 Å². The van der Waals surface area contributed by atoms with Crippen LogP contribution in [0.3, 0.4) is 0 Å². The van der Waals surface area contributed by atoms with Crippen molar-refractivity contribution in [2.24, 2.45) is 34.0 Å². The van der Waals surface area contributed by atoms with E-state index in [0.717, 1.165) is 31.1 Å². The second-order valence-electron chi connectivity index (χ2n) is 14.0. The highest BCUT2D eigenvalue weighted by Gasteiger charge is 2.66. The third-order valence-corrected chi connectivity index (χ3v) is 18.1. The molecule has 0 radical (unpaired) electrons. The number of aliphatic hydroxyl groups is 1. The molecule has 0 unspecified atom stereocenters. The number of hydrogen-bond donors (Lipinski definition) is 1. The van der Waals surface area contributed by atoms with Crippen LogP contribution >= 0.6 is 0 Å². The number of fused-ring (bicyclic) bond motifs is 5. The predicted octanol–water partition coefficient (Wildman–Crippen LogP) is 7.84. The van der Waals surface area contributed by atoms with Gasteiger partial charge in [-0.3, -0.25) is 0 Å². The summed E-state index contributed by atoms with van der Waals surface area (Å²) in [6.07, 6.45) is 9.91. The molecule has 1 N–H and O–H groups in total. The molecular formula is C29H51NO2Si. The summed E-state index contributed by atoms with van der Waals surface area (Å²) < 4.78 is 7.48. The molecule has 0 aromatic carbocycles. The molecule has 0 heterocycles. The summed E-state index contributed by atoms with van der Waals surface area (Å²) in [6, 6.07) is 2.79. The summed E-state index contributed by atoms with van der Waals surface area (Å²) in [5.74, 6) is 2.10. The molecule has 8 atom stereocenters. The third-order valence-electron chi connectivity index (χ3n) is 12.0. The van der Waals surface area contributed by atoms with Crippen molar-refractivity contribution in [1.82, 2.24) is 0 Å². The van der Waals surface area contributed by atoms with Crippen molar-refractivity contribution in [3.05, 3.63) is 0 Å². The number of hydrogen-bond acceptors (Lipinski definition) is 3. The van der Waals surface area contributed by atoms with Crippen molar-refractivity contribution < 1.29 is 9.53 Å². The Morgan fingerprint density at radius 1 is 0.848 bits per heavy atom. The fraction of sp³-hybridized carbons (Fsp3) is 0.966. The molecule has 4 heteroatoms. The second kappa shape index (κ2) is 8.63. The van der Waals surface area contributed by atoms with E-state index in [1.165, 1.54) is 32.1 Å². The molecule has 4 fully saturated rings. The first kappa shape index (κ1) is 25.7. The molecule has 4 saturated carbocycles. The minimum atomic E-state index is -1.90. The fourth-order valence-corrected chi connectivity index (χ4v) is 16.0. The average Bonchev–Trinajstić information content (AvgIpc) is 3.07. The lowest BCUT2D eigenvalue weighted by atomic mass is 9.40. The zero-order chi connectivity index (χ0) is 24.4. The predicted molar refractivity (Wildman–Crippen MR) is 138 cm³/mol. The van der Waals surface area contributed by atoms with E-state index < -0.39 is 8.32 Å². The Morgan fingerprint density at radius 3 is 2.06 bits per heavy atom. The van der Waals surface area contributed by atoms with Crippen molar-refractivity contribution in [2.45, 2.75) is 142 Å². The molecule has 0 saturated heterocycles. The number of aliphatic hydroxyl groups excluding tert-OH is 1. The van der Waals surface area contributed by atoms with Crippen LogP contribution in [0, 0.1) is 45.3 Å². The molecule has 4 rings (SSSR count). The van der Waals surface area contributed by atoms with Gasteiger partial charge in [0.05, 0.1) is 23.7 Å². The molecule has 4 aliphatic rings. The van der Waals surface area contributed by atoms with Crippen molar-refractivity contribution in [1.29, 1.82) is 5.26 Å². The van der Waals surface area contributed by atoms with Gasteiger partial charge in [-0.15, -0.1) is 0 Å². The van der Waals surface area contributed by atoms with E-state index in [1.54, 1.807) is 0 Å². The van der Waals surface area contributed by atoms with Gasteiger partial charge in [0.25, 0.3) is 0 Å². The van der Waals surface area contributed by atoms with Crippen molar-refractivity contribution >= 4 is 8.32 Å². The Kier molecular flexibility index (Phi) is 6.72. The van der Waals surface area contributed by atoms with Gasteiger partial charge in [-0.1, -0.05) is 55.4 Å². The summed E-state index contributed by atoms with van der Waals surface area (Å²) in [4.78, 5) is 0. The first-order chi connectivity index (χ1) is 15.4. The minimum absolute atomic E-state index is 0.0659. The van der Waals surface area contributed by atoms with E-state index in [1.807, 2.05) is 0 Å². The van der Waals surface area contributed by atoms with Crippen LogP contribution in [0.4, 0.5) is 0 Å². The molecule has 0 aromatic heterocycles. The molecule has 0 spiro atoms. The monoisotopic (exact) mass is 473 g/mol. The molecule has 4 aliphatic carbocycles. The zero-order valence-corrected chi connectivity index (χ0v) is 23.8. The van der Waals surface area contributed by atoms with Crippen LogP contribution in [0.25, 0.3) is 0 Å². The van der Waals surface area contributed by atoms with Crippen LogP contribution in [-0.2, 0) is 4.43 Å². The Hall–Kier alpha value is -0.373. The second-order valence-corrected chi connectivity index (χ2v) is 19.4. The number of rotatable bonds is 5. The van der Waals surface area contributed by atoms with E-state index in [0.29, 0.717) is 35.1 Å². The van der Waals surface area contributed by atoms with Crippen LogP contribution in [0.5, 0.6) is 0 Å². The minimum Gasteiger partial charge on any atom is -0.413 e. The maximum absolute atomic E-state index is 10.5. The third kappa shape index (κ3) is 3.53. The standard InChI is InChI=1S/C29H51NO2Si/c1-19(2)33(20(3)4,21(5)6)32-26-10-9-24-23-12-16-29(18-30)17-22(31)11-15-28(29,8)25(23)13-14-27(24,26)7/h19-26,31H,9-17H2,1-8H3/t22-,23-,24-,25-,26-,27-,28+,29+/m0/s1. The maximum atomic E-state index is 10.5. The summed E-state index contributed by atoms with van der Waals surface area (Å²) >= 11 is 0. The first-order valence-corrected chi connectivity index (χ1v) is 16.3. The molecule has 33 heavy (non-hydrogen) atoms. The van der Waals surface area contributed by atoms with E-state index >= 15 is 0 Å². The number of nitriles is 1. The van der Waals surface area contributed by atoms with E-state index in [4.69, 9.17) is 4.43 Å². The van der Waals surface area contributed by atoms with Gasteiger partial charge in [0.1, 0.15) is 0 Å². The Balaban J connectivity index is 1.62. The molecule has 0 amide bonds. The van der Waals surface area contributed by atoms with Crippen molar-refractivity contribution in [2.75, 3.05) is 0 Å². The van der Waals surface area contributed by atoms with Gasteiger partial charge in [-0.25, -0.2) is 0 Å². The van der Waals surface area contributed by atoms with E-state index in [2.05, 4.69) is 61.5 Å². The summed E-state index contributed by atoms with van der Waals surface area (Å²) in [5, 5.41) is 20.8. The van der Waals surface area contributed by atoms with E-state index in [-0.39, 0.29) is 22.3 Å². The van der Waals surface area contributed by atoms with Gasteiger partial charge in [0.2, 0.25) is 8.32 Å². The SMILES string of the molecule is CC(C)[Si](O[C@H]1CC[C@H]2[C@@H]3CC[C@]4(C#N)C[C@@H](O)CC[C@]4(C)[C@H]3CC[C@]12C)(C(C)C)C(C)C. The van der Waals surface area contributed by atoms with Gasteiger partial charge in [0, 0.05) is 0 Å². The highest BCUT2D eigenvalue weighted by atomic mass is 28.4. The van der Waals surface area contributed by atoms with Crippen LogP contribution in [0.15, 0.2) is 0 Å². The highest BCUT2D eigenvalue weighted by Crippen LogP contribution is 2.70. The highest BCUT2D eigenvalue weighted by molar-refractivity contribution is 6.77. The lowest BCUT2D eigenvalue weighted by Crippen LogP contribution is -2.60. The lowest BCUT2D eigenvalue weighted by molar-refractivity contribution is -0.158. The Bertz CT molecular complexity index is 752. The molecule has 0 aliphatic heterocycles. The normalized spacial score (nSPS) is 45.6.